The van der Waals surface area contributed by atoms with Crippen LogP contribution in [-0.4, -0.2) is 43.1 Å². The van der Waals surface area contributed by atoms with E-state index < -0.39 is 39.1 Å². The molecule has 0 aromatic carbocycles. The second-order valence-corrected chi connectivity index (χ2v) is 10.1. The molecule has 2 atom stereocenters. The van der Waals surface area contributed by atoms with Crippen LogP contribution in [0, 0.1) is 11.8 Å². The Kier molecular flexibility index (Phi) is 10.00. The van der Waals surface area contributed by atoms with Crippen molar-refractivity contribution in [1.82, 2.24) is 5.06 Å². The van der Waals surface area contributed by atoms with Gasteiger partial charge >= 0.3 is 21.3 Å². The van der Waals surface area contributed by atoms with E-state index in [1.165, 1.54) is 19.3 Å². The van der Waals surface area contributed by atoms with E-state index in [1.807, 2.05) is 0 Å². The number of rotatable bonds is 14. The van der Waals surface area contributed by atoms with Gasteiger partial charge in [0.05, 0.1) is 6.61 Å². The minimum Gasteiger partial charge on any atom is -0.460 e. The van der Waals surface area contributed by atoms with Gasteiger partial charge < -0.3 is 4.74 Å². The molecule has 1 aliphatic carbocycles. The molecule has 32 heavy (non-hydrogen) atoms. The van der Waals surface area contributed by atoms with Crippen LogP contribution in [0.4, 0.5) is 8.78 Å². The molecule has 2 aliphatic rings. The van der Waals surface area contributed by atoms with Gasteiger partial charge in [-0.3, -0.25) is 9.59 Å². The first-order chi connectivity index (χ1) is 15.1. The molecule has 1 heterocycles. The van der Waals surface area contributed by atoms with Crippen molar-refractivity contribution >= 4 is 27.9 Å². The monoisotopic (exact) mass is 481 g/mol. The smallest absolute Gasteiger partial charge is 0.460 e. The molecule has 0 spiro atoms. The number of ether oxygens (including phenoxy) is 1. The third-order valence-electron chi connectivity index (χ3n) is 6.05. The van der Waals surface area contributed by atoms with Gasteiger partial charge in [-0.25, -0.2) is 4.79 Å². The first kappa shape index (κ1) is 26.6. The standard InChI is InChI=1S/C21H33F2NO7S/c1-2-3-4-5-6-7-8-9-10-14-30-20(27)21(22,23)32(28,29)31-24-18(25)15-16-12-11-13-17(16)19(24)26/h16-17H,2-15H2,1H3. The minimum atomic E-state index is -5.94. The normalized spacial score (nSPS) is 21.7. The maximum atomic E-state index is 14.2. The molecule has 2 amide bonds. The molecule has 2 fully saturated rings. The quantitative estimate of drug-likeness (QED) is 0.209. The summed E-state index contributed by atoms with van der Waals surface area (Å²) < 4.78 is 61.0. The molecule has 0 aromatic heterocycles. The Hall–Kier alpha value is -1.62. The van der Waals surface area contributed by atoms with Gasteiger partial charge in [-0.05, 0) is 25.2 Å². The Labute approximate surface area is 188 Å². The van der Waals surface area contributed by atoms with Crippen LogP contribution in [0.2, 0.25) is 0 Å². The fourth-order valence-electron chi connectivity index (χ4n) is 4.17. The summed E-state index contributed by atoms with van der Waals surface area (Å²) in [5.41, 5.74) is 0. The van der Waals surface area contributed by atoms with Crippen molar-refractivity contribution in [2.45, 2.75) is 95.6 Å². The minimum absolute atomic E-state index is 0.135. The summed E-state index contributed by atoms with van der Waals surface area (Å²) >= 11 is 0. The molecule has 184 valence electrons. The highest BCUT2D eigenvalue weighted by atomic mass is 32.2. The molecule has 0 N–H and O–H groups in total. The summed E-state index contributed by atoms with van der Waals surface area (Å²) in [5.74, 6) is -5.14. The van der Waals surface area contributed by atoms with Crippen LogP contribution in [0.25, 0.3) is 0 Å². The van der Waals surface area contributed by atoms with Crippen molar-refractivity contribution in [3.63, 3.8) is 0 Å². The van der Waals surface area contributed by atoms with Crippen LogP contribution in [0.15, 0.2) is 0 Å². The number of carbonyl (C=O) groups excluding carboxylic acids is 3. The Bertz CT molecular complexity index is 772. The lowest BCUT2D eigenvalue weighted by molar-refractivity contribution is -0.184. The molecule has 2 unspecified atom stereocenters. The fraction of sp³-hybridized carbons (Fsp3) is 0.857. The molecule has 1 saturated heterocycles. The number of alkyl halides is 2. The number of carbonyl (C=O) groups is 3. The number of nitrogens with zero attached hydrogens (tertiary/aromatic N) is 1. The third-order valence-corrected chi connectivity index (χ3v) is 7.19. The molecule has 1 saturated carbocycles. The van der Waals surface area contributed by atoms with Gasteiger partial charge in [-0.15, -0.1) is 9.35 Å². The van der Waals surface area contributed by atoms with E-state index in [4.69, 9.17) is 0 Å². The van der Waals surface area contributed by atoms with Crippen LogP contribution in [0.1, 0.15) is 90.4 Å². The second kappa shape index (κ2) is 12.0. The van der Waals surface area contributed by atoms with E-state index >= 15 is 0 Å². The first-order valence-electron chi connectivity index (χ1n) is 11.5. The number of unbranched alkanes of at least 4 members (excludes halogenated alkanes) is 8. The Balaban J connectivity index is 1.77. The molecule has 0 radical (unpaired) electrons. The van der Waals surface area contributed by atoms with E-state index in [0.29, 0.717) is 32.1 Å². The number of amides is 2. The Morgan fingerprint density at radius 3 is 2.25 bits per heavy atom. The summed E-state index contributed by atoms with van der Waals surface area (Å²) in [6, 6.07) is 0. The number of hydroxylamine groups is 2. The zero-order chi connectivity index (χ0) is 23.8. The molecule has 0 bridgehead atoms. The van der Waals surface area contributed by atoms with Crippen molar-refractivity contribution in [2.24, 2.45) is 11.8 Å². The van der Waals surface area contributed by atoms with Crippen LogP contribution < -0.4 is 0 Å². The van der Waals surface area contributed by atoms with E-state index in [2.05, 4.69) is 15.9 Å². The highest BCUT2D eigenvalue weighted by Crippen LogP contribution is 2.40. The van der Waals surface area contributed by atoms with Gasteiger partial charge in [-0.1, -0.05) is 64.7 Å². The number of hydrogen-bond acceptors (Lipinski definition) is 7. The highest BCUT2D eigenvalue weighted by molar-refractivity contribution is 7.88. The summed E-state index contributed by atoms with van der Waals surface area (Å²) in [4.78, 5) is 36.1. The lowest BCUT2D eigenvalue weighted by Gasteiger charge is -2.31. The number of fused-ring (bicyclic) bond motifs is 1. The maximum Gasteiger partial charge on any atom is 0.467 e. The maximum absolute atomic E-state index is 14.2. The van der Waals surface area contributed by atoms with Crippen molar-refractivity contribution in [1.29, 1.82) is 0 Å². The summed E-state index contributed by atoms with van der Waals surface area (Å²) in [6.45, 7) is 1.78. The fourth-order valence-corrected chi connectivity index (χ4v) is 4.88. The van der Waals surface area contributed by atoms with Gasteiger partial charge in [0.25, 0.3) is 11.8 Å². The number of halogens is 2. The molecular weight excluding hydrogens is 448 g/mol. The van der Waals surface area contributed by atoms with Crippen molar-refractivity contribution in [2.75, 3.05) is 6.61 Å². The molecule has 0 aromatic rings. The summed E-state index contributed by atoms with van der Waals surface area (Å²) in [6.07, 6.45) is 10.2. The van der Waals surface area contributed by atoms with Crippen molar-refractivity contribution in [3.8, 4) is 0 Å². The zero-order valence-corrected chi connectivity index (χ0v) is 19.3. The van der Waals surface area contributed by atoms with Crippen LogP contribution in [0.3, 0.4) is 0 Å². The van der Waals surface area contributed by atoms with Crippen LogP contribution in [-0.2, 0) is 33.5 Å². The Morgan fingerprint density at radius 1 is 1.03 bits per heavy atom. The zero-order valence-electron chi connectivity index (χ0n) is 18.5. The largest absolute Gasteiger partial charge is 0.467 e. The van der Waals surface area contributed by atoms with E-state index in [-0.39, 0.29) is 24.0 Å². The molecule has 1 aliphatic heterocycles. The van der Waals surface area contributed by atoms with Gasteiger partial charge in [0.15, 0.2) is 0 Å². The highest BCUT2D eigenvalue weighted by Gasteiger charge is 2.59. The summed E-state index contributed by atoms with van der Waals surface area (Å²) in [5, 5.41) is -5.18. The predicted molar refractivity (Wildman–Crippen MR) is 110 cm³/mol. The van der Waals surface area contributed by atoms with Crippen molar-refractivity contribution in [3.05, 3.63) is 0 Å². The van der Waals surface area contributed by atoms with Gasteiger partial charge in [0, 0.05) is 12.3 Å². The van der Waals surface area contributed by atoms with Crippen LogP contribution >= 0.6 is 0 Å². The average molecular weight is 482 g/mol. The molecule has 2 rings (SSSR count). The molecule has 11 heteroatoms. The average Bonchev–Trinajstić information content (AvgIpc) is 3.20. The van der Waals surface area contributed by atoms with E-state index in [0.717, 1.165) is 25.7 Å². The summed E-state index contributed by atoms with van der Waals surface area (Å²) in [7, 11) is -5.94. The third kappa shape index (κ3) is 6.69. The number of esters is 1. The lowest BCUT2D eigenvalue weighted by atomic mass is 9.88. The van der Waals surface area contributed by atoms with Gasteiger partial charge in [0.2, 0.25) is 0 Å². The Morgan fingerprint density at radius 2 is 1.62 bits per heavy atom. The van der Waals surface area contributed by atoms with E-state index in [9.17, 15) is 31.6 Å². The molecule has 8 nitrogen and oxygen atoms in total. The first-order valence-corrected chi connectivity index (χ1v) is 12.9. The van der Waals surface area contributed by atoms with Gasteiger partial charge in [0.1, 0.15) is 0 Å². The van der Waals surface area contributed by atoms with Crippen molar-refractivity contribution < 1.29 is 40.6 Å². The van der Waals surface area contributed by atoms with Crippen LogP contribution in [0.5, 0.6) is 0 Å². The predicted octanol–water partition coefficient (Wildman–Crippen LogP) is 4.09. The number of piperidine rings is 1. The van der Waals surface area contributed by atoms with Gasteiger partial charge in [-0.2, -0.15) is 17.2 Å². The lowest BCUT2D eigenvalue weighted by Crippen LogP contribution is -2.51. The topological polar surface area (TPSA) is 107 Å². The van der Waals surface area contributed by atoms with E-state index in [1.54, 1.807) is 0 Å². The number of hydrogen-bond donors (Lipinski definition) is 0. The molecular formula is C21H33F2NO7S. The SMILES string of the molecule is CCCCCCCCCCCOC(=O)C(F)(F)S(=O)(=O)ON1C(=O)CC2CCCC2C1=O. The number of imide groups is 1. The second-order valence-electron chi connectivity index (χ2n) is 8.54.